The Morgan fingerprint density at radius 2 is 1.67 bits per heavy atom. The van der Waals surface area contributed by atoms with Crippen molar-refractivity contribution >= 4 is 43.9 Å². The molecule has 1 amide bonds. The average molecular weight is 605 g/mol. The Hall–Kier alpha value is -4.48. The molecule has 0 saturated heterocycles. The molecule has 0 fully saturated rings. The summed E-state index contributed by atoms with van der Waals surface area (Å²) in [6, 6.07) is 17.9. The zero-order valence-electron chi connectivity index (χ0n) is 24.3. The van der Waals surface area contributed by atoms with Crippen LogP contribution in [0.3, 0.4) is 0 Å². The van der Waals surface area contributed by atoms with E-state index in [9.17, 15) is 27.9 Å². The van der Waals surface area contributed by atoms with Gasteiger partial charge in [-0.15, -0.1) is 0 Å². The molecule has 226 valence electrons. The summed E-state index contributed by atoms with van der Waals surface area (Å²) >= 11 is 0. The molecule has 0 bridgehead atoms. The van der Waals surface area contributed by atoms with E-state index in [-0.39, 0.29) is 22.8 Å². The standard InChI is InChI=1S/C32H36N4O6S/c1-20(2)43(41,42)28-14-13-25(17-24(28)19-33-3)35-29(37)6-4-5-21-7-9-23(10-8-21)30(32(39)40)36-26-12-11-22-15-16-34-31(38)27(22)18-26/h7-18,20,30,33,36H,4-6,19H2,1-3H3,(H,34,38)(H,35,37)(H,39,40). The van der Waals surface area contributed by atoms with Gasteiger partial charge in [-0.05, 0) is 92.2 Å². The normalized spacial score (nSPS) is 12.3. The van der Waals surface area contributed by atoms with Gasteiger partial charge in [0.15, 0.2) is 15.9 Å². The summed E-state index contributed by atoms with van der Waals surface area (Å²) in [5, 5.41) is 19.4. The van der Waals surface area contributed by atoms with Gasteiger partial charge in [0.05, 0.1) is 10.1 Å². The maximum Gasteiger partial charge on any atom is 0.330 e. The molecule has 0 aliphatic carbocycles. The van der Waals surface area contributed by atoms with Crippen LogP contribution in [0.1, 0.15) is 49.4 Å². The summed E-state index contributed by atoms with van der Waals surface area (Å²) in [6.45, 7) is 3.63. The van der Waals surface area contributed by atoms with E-state index in [1.807, 2.05) is 12.1 Å². The molecular formula is C32H36N4O6S. The summed E-state index contributed by atoms with van der Waals surface area (Å²) in [4.78, 5) is 39.7. The van der Waals surface area contributed by atoms with Gasteiger partial charge in [0.25, 0.3) is 5.56 Å². The van der Waals surface area contributed by atoms with Crippen LogP contribution in [0.5, 0.6) is 0 Å². The lowest BCUT2D eigenvalue weighted by Gasteiger charge is -2.17. The van der Waals surface area contributed by atoms with Crippen molar-refractivity contribution in [3.63, 3.8) is 0 Å². The minimum Gasteiger partial charge on any atom is -0.479 e. The van der Waals surface area contributed by atoms with Crippen LogP contribution in [0.25, 0.3) is 10.8 Å². The first-order chi connectivity index (χ1) is 20.5. The van der Waals surface area contributed by atoms with Crippen molar-refractivity contribution in [3.05, 3.63) is 100.0 Å². The Kier molecular flexibility index (Phi) is 9.99. The molecule has 0 aliphatic rings. The summed E-state index contributed by atoms with van der Waals surface area (Å²) in [7, 11) is -1.73. The molecule has 10 nitrogen and oxygen atoms in total. The molecule has 43 heavy (non-hydrogen) atoms. The molecule has 0 spiro atoms. The van der Waals surface area contributed by atoms with Gasteiger partial charge in [-0.2, -0.15) is 0 Å². The molecule has 1 atom stereocenters. The molecular weight excluding hydrogens is 568 g/mol. The minimum absolute atomic E-state index is 0.184. The highest BCUT2D eigenvalue weighted by atomic mass is 32.2. The quantitative estimate of drug-likeness (QED) is 0.148. The highest BCUT2D eigenvalue weighted by Gasteiger charge is 2.23. The van der Waals surface area contributed by atoms with Gasteiger partial charge in [-0.25, -0.2) is 13.2 Å². The maximum atomic E-state index is 12.7. The summed E-state index contributed by atoms with van der Waals surface area (Å²) < 4.78 is 25.4. The zero-order valence-corrected chi connectivity index (χ0v) is 25.1. The van der Waals surface area contributed by atoms with Gasteiger partial charge in [0.2, 0.25) is 5.91 Å². The number of anilines is 2. The van der Waals surface area contributed by atoms with Gasteiger partial charge >= 0.3 is 5.97 Å². The number of rotatable bonds is 13. The number of carboxylic acid groups (broad SMARTS) is 1. The number of pyridine rings is 1. The highest BCUT2D eigenvalue weighted by molar-refractivity contribution is 7.92. The van der Waals surface area contributed by atoms with E-state index >= 15 is 0 Å². The number of carbonyl (C=O) groups excluding carboxylic acids is 1. The lowest BCUT2D eigenvalue weighted by Crippen LogP contribution is -2.20. The van der Waals surface area contributed by atoms with Gasteiger partial charge < -0.3 is 26.0 Å². The zero-order chi connectivity index (χ0) is 31.1. The first-order valence-electron chi connectivity index (χ1n) is 14.0. The molecule has 0 aliphatic heterocycles. The lowest BCUT2D eigenvalue weighted by molar-refractivity contribution is -0.138. The van der Waals surface area contributed by atoms with Crippen LogP contribution in [0.4, 0.5) is 11.4 Å². The highest BCUT2D eigenvalue weighted by Crippen LogP contribution is 2.25. The van der Waals surface area contributed by atoms with Crippen LogP contribution in [-0.4, -0.2) is 42.7 Å². The lowest BCUT2D eigenvalue weighted by atomic mass is 10.0. The number of benzene rings is 3. The number of sulfone groups is 1. The van der Waals surface area contributed by atoms with Crippen LogP contribution < -0.4 is 21.5 Å². The molecule has 1 aromatic heterocycles. The minimum atomic E-state index is -3.46. The third-order valence-corrected chi connectivity index (χ3v) is 9.41. The van der Waals surface area contributed by atoms with Gasteiger partial charge in [-0.3, -0.25) is 9.59 Å². The van der Waals surface area contributed by atoms with Gasteiger partial charge in [0, 0.05) is 35.9 Å². The molecule has 4 rings (SSSR count). The van der Waals surface area contributed by atoms with Crippen molar-refractivity contribution in [2.75, 3.05) is 17.7 Å². The SMILES string of the molecule is CNCc1cc(NC(=O)CCCc2ccc(C(Nc3ccc4cc[nH]c(=O)c4c3)C(=O)O)cc2)ccc1S(=O)(=O)C(C)C. The van der Waals surface area contributed by atoms with E-state index in [4.69, 9.17) is 0 Å². The smallest absolute Gasteiger partial charge is 0.330 e. The van der Waals surface area contributed by atoms with Crippen LogP contribution in [-0.2, 0) is 32.4 Å². The van der Waals surface area contributed by atoms with Crippen molar-refractivity contribution < 1.29 is 23.1 Å². The number of nitrogens with one attached hydrogen (secondary N) is 4. The van der Waals surface area contributed by atoms with Gasteiger partial charge in [-0.1, -0.05) is 30.3 Å². The molecule has 4 aromatic rings. The fraction of sp³-hybridized carbons (Fsp3) is 0.281. The number of hydrogen-bond donors (Lipinski definition) is 5. The van der Waals surface area contributed by atoms with E-state index < -0.39 is 27.1 Å². The predicted molar refractivity (Wildman–Crippen MR) is 168 cm³/mol. The van der Waals surface area contributed by atoms with Gasteiger partial charge in [0.1, 0.15) is 0 Å². The summed E-state index contributed by atoms with van der Waals surface area (Å²) in [5.41, 5.74) is 2.90. The van der Waals surface area contributed by atoms with Crippen LogP contribution in [0.15, 0.2) is 82.6 Å². The number of hydrogen-bond acceptors (Lipinski definition) is 7. The number of fused-ring (bicyclic) bond motifs is 1. The Labute approximate surface area is 250 Å². The second kappa shape index (κ2) is 13.7. The number of amides is 1. The topological polar surface area (TPSA) is 157 Å². The molecule has 1 heterocycles. The van der Waals surface area contributed by atoms with Crippen molar-refractivity contribution in [1.29, 1.82) is 0 Å². The number of aromatic nitrogens is 1. The third-order valence-electron chi connectivity index (χ3n) is 7.15. The number of H-pyrrole nitrogens is 1. The Morgan fingerprint density at radius 1 is 0.953 bits per heavy atom. The largest absolute Gasteiger partial charge is 0.479 e. The van der Waals surface area contributed by atoms with Crippen molar-refractivity contribution in [2.24, 2.45) is 0 Å². The van der Waals surface area contributed by atoms with E-state index in [0.29, 0.717) is 47.3 Å². The monoisotopic (exact) mass is 604 g/mol. The van der Waals surface area contributed by atoms with E-state index in [1.165, 1.54) is 6.07 Å². The summed E-state index contributed by atoms with van der Waals surface area (Å²) in [6.07, 6.45) is 3.01. The molecule has 1 unspecified atom stereocenters. The van der Waals surface area contributed by atoms with Crippen LogP contribution >= 0.6 is 0 Å². The molecule has 0 radical (unpaired) electrons. The fourth-order valence-electron chi connectivity index (χ4n) is 4.80. The molecule has 3 aromatic carbocycles. The number of carboxylic acids is 1. The second-order valence-corrected chi connectivity index (χ2v) is 13.1. The predicted octanol–water partition coefficient (Wildman–Crippen LogP) is 4.63. The molecule has 5 N–H and O–H groups in total. The van der Waals surface area contributed by atoms with Crippen LogP contribution in [0.2, 0.25) is 0 Å². The van der Waals surface area contributed by atoms with E-state index in [0.717, 1.165) is 10.9 Å². The Balaban J connectivity index is 1.35. The first kappa shape index (κ1) is 31.5. The van der Waals surface area contributed by atoms with E-state index in [1.54, 1.807) is 75.6 Å². The van der Waals surface area contributed by atoms with E-state index in [2.05, 4.69) is 20.9 Å². The fourth-order valence-corrected chi connectivity index (χ4v) is 6.06. The number of aryl methyl sites for hydroxylation is 1. The number of aliphatic carboxylic acids is 1. The Morgan fingerprint density at radius 3 is 2.35 bits per heavy atom. The van der Waals surface area contributed by atoms with Crippen LogP contribution in [0, 0.1) is 0 Å². The summed E-state index contributed by atoms with van der Waals surface area (Å²) in [5.74, 6) is -1.24. The molecule has 0 saturated carbocycles. The Bertz CT molecular complexity index is 1780. The third kappa shape index (κ3) is 7.68. The molecule has 11 heteroatoms. The number of aromatic amines is 1. The maximum absolute atomic E-state index is 12.7. The van der Waals surface area contributed by atoms with Crippen molar-refractivity contribution in [1.82, 2.24) is 10.3 Å². The number of carbonyl (C=O) groups is 2. The second-order valence-electron chi connectivity index (χ2n) is 10.6. The average Bonchev–Trinajstić information content (AvgIpc) is 2.97. The first-order valence-corrected chi connectivity index (χ1v) is 15.5. The van der Waals surface area contributed by atoms with Crippen molar-refractivity contribution in [2.45, 2.75) is 55.8 Å². The van der Waals surface area contributed by atoms with Crippen molar-refractivity contribution in [3.8, 4) is 0 Å².